The van der Waals surface area contributed by atoms with E-state index >= 15 is 0 Å². The lowest BCUT2D eigenvalue weighted by atomic mass is 10.4. The van der Waals surface area contributed by atoms with Crippen LogP contribution in [0.2, 0.25) is 0 Å². The molecule has 3 heterocycles. The number of aromatic nitrogens is 4. The van der Waals surface area contributed by atoms with E-state index in [1.807, 2.05) is 37.5 Å². The van der Waals surface area contributed by atoms with Gasteiger partial charge in [-0.15, -0.1) is 5.10 Å². The molecule has 6 heteroatoms. The smallest absolute Gasteiger partial charge is 0.254 e. The Labute approximate surface area is 118 Å². The van der Waals surface area contributed by atoms with E-state index in [2.05, 4.69) is 26.0 Å². The van der Waals surface area contributed by atoms with Gasteiger partial charge in [0.15, 0.2) is 11.5 Å². The molecule has 0 unspecified atom stereocenters. The van der Waals surface area contributed by atoms with Gasteiger partial charge in [-0.3, -0.25) is 4.57 Å². The summed E-state index contributed by atoms with van der Waals surface area (Å²) < 4.78 is 18.0. The fourth-order valence-electron chi connectivity index (χ4n) is 2.15. The summed E-state index contributed by atoms with van der Waals surface area (Å²) in [7, 11) is 0. The predicted octanol–water partition coefficient (Wildman–Crippen LogP) is 3.35. The molecular weight excluding hydrogens is 311 g/mol. The van der Waals surface area contributed by atoms with E-state index in [0.717, 1.165) is 17.1 Å². The maximum Gasteiger partial charge on any atom is 0.254 e. The first-order valence-electron chi connectivity index (χ1n) is 5.85. The Morgan fingerprint density at radius 1 is 1.16 bits per heavy atom. The third-order valence-corrected chi connectivity index (χ3v) is 4.00. The van der Waals surface area contributed by atoms with Gasteiger partial charge in [0.25, 0.3) is 5.95 Å². The topological polar surface area (TPSA) is 35.1 Å². The van der Waals surface area contributed by atoms with Crippen LogP contribution in [0.25, 0.3) is 11.6 Å². The molecule has 4 nitrogen and oxygen atoms in total. The third-order valence-electron chi connectivity index (χ3n) is 3.20. The summed E-state index contributed by atoms with van der Waals surface area (Å²) in [6.07, 6.45) is 0. The van der Waals surface area contributed by atoms with Gasteiger partial charge < -0.3 is 0 Å². The average Bonchev–Trinajstić information content (AvgIpc) is 2.91. The van der Waals surface area contributed by atoms with Crippen molar-refractivity contribution < 1.29 is 4.39 Å². The maximum absolute atomic E-state index is 13.9. The van der Waals surface area contributed by atoms with Crippen molar-refractivity contribution in [3.05, 3.63) is 45.6 Å². The second-order valence-corrected chi connectivity index (χ2v) is 5.38. The van der Waals surface area contributed by atoms with Crippen LogP contribution in [0.4, 0.5) is 4.39 Å². The van der Waals surface area contributed by atoms with Crippen molar-refractivity contribution in [1.82, 2.24) is 19.2 Å². The first-order chi connectivity index (χ1) is 8.99. The van der Waals surface area contributed by atoms with Gasteiger partial charge in [-0.25, -0.2) is 8.91 Å². The van der Waals surface area contributed by atoms with Crippen molar-refractivity contribution in [1.29, 1.82) is 0 Å². The van der Waals surface area contributed by atoms with Crippen molar-refractivity contribution in [2.75, 3.05) is 0 Å². The van der Waals surface area contributed by atoms with Gasteiger partial charge in [-0.1, -0.05) is 0 Å². The Hall–Kier alpha value is -1.69. The lowest BCUT2D eigenvalue weighted by Gasteiger charge is -2.02. The summed E-state index contributed by atoms with van der Waals surface area (Å²) in [6, 6.07) is 5.39. The summed E-state index contributed by atoms with van der Waals surface area (Å²) in [4.78, 5) is 4.30. The van der Waals surface area contributed by atoms with Crippen LogP contribution in [0.15, 0.2) is 22.7 Å². The van der Waals surface area contributed by atoms with Crippen molar-refractivity contribution >= 4 is 21.6 Å². The van der Waals surface area contributed by atoms with Gasteiger partial charge in [0, 0.05) is 15.9 Å². The molecule has 3 aromatic heterocycles. The van der Waals surface area contributed by atoms with E-state index in [0.29, 0.717) is 10.4 Å². The zero-order valence-corrected chi connectivity index (χ0v) is 12.4. The number of fused-ring (bicyclic) bond motifs is 1. The number of nitrogens with zero attached hydrogens (tertiary/aromatic N) is 4. The number of hydrogen-bond donors (Lipinski definition) is 0. The van der Waals surface area contributed by atoms with Crippen LogP contribution in [0.5, 0.6) is 0 Å². The average molecular weight is 323 g/mol. The van der Waals surface area contributed by atoms with Crippen LogP contribution in [0.1, 0.15) is 17.1 Å². The minimum atomic E-state index is -0.390. The zero-order chi connectivity index (χ0) is 13.7. The fraction of sp³-hybridized carbons (Fsp3) is 0.231. The van der Waals surface area contributed by atoms with Gasteiger partial charge in [0.05, 0.1) is 5.69 Å². The Balaban J connectivity index is 2.34. The Bertz CT molecular complexity index is 768. The second-order valence-electron chi connectivity index (χ2n) is 4.52. The van der Waals surface area contributed by atoms with Crippen molar-refractivity contribution in [3.8, 4) is 5.95 Å². The molecule has 0 saturated heterocycles. The van der Waals surface area contributed by atoms with Crippen LogP contribution < -0.4 is 0 Å². The van der Waals surface area contributed by atoms with E-state index in [1.54, 1.807) is 0 Å². The van der Waals surface area contributed by atoms with E-state index in [1.165, 1.54) is 10.6 Å². The normalized spacial score (nSPS) is 11.4. The highest BCUT2D eigenvalue weighted by molar-refractivity contribution is 9.10. The minimum absolute atomic E-state index is 0.239. The number of pyridine rings is 1. The van der Waals surface area contributed by atoms with E-state index in [4.69, 9.17) is 0 Å². The van der Waals surface area contributed by atoms with Crippen LogP contribution in [-0.4, -0.2) is 19.2 Å². The highest BCUT2D eigenvalue weighted by Gasteiger charge is 2.15. The molecule has 0 amide bonds. The highest BCUT2D eigenvalue weighted by Crippen LogP contribution is 2.22. The molecule has 0 spiro atoms. The van der Waals surface area contributed by atoms with E-state index in [9.17, 15) is 4.39 Å². The van der Waals surface area contributed by atoms with E-state index < -0.39 is 5.82 Å². The van der Waals surface area contributed by atoms with Crippen molar-refractivity contribution in [3.63, 3.8) is 0 Å². The lowest BCUT2D eigenvalue weighted by molar-refractivity contribution is 0.624. The van der Waals surface area contributed by atoms with Crippen LogP contribution in [-0.2, 0) is 0 Å². The molecule has 0 saturated carbocycles. The molecule has 0 atom stereocenters. The van der Waals surface area contributed by atoms with Gasteiger partial charge in [0.1, 0.15) is 0 Å². The standard InChI is InChI=1S/C13H12BrFN4/c1-7-4-5-8(2)18(7)13-16-12-11(15)6-10(14)9(3)19(12)17-13/h4-6H,1-3H3. The molecule has 0 bridgehead atoms. The molecule has 98 valence electrons. The van der Waals surface area contributed by atoms with Gasteiger partial charge >= 0.3 is 0 Å². The van der Waals surface area contributed by atoms with E-state index in [-0.39, 0.29) is 5.65 Å². The van der Waals surface area contributed by atoms with Crippen molar-refractivity contribution in [2.24, 2.45) is 0 Å². The lowest BCUT2D eigenvalue weighted by Crippen LogP contribution is -2.02. The summed E-state index contributed by atoms with van der Waals surface area (Å²) >= 11 is 3.32. The summed E-state index contributed by atoms with van der Waals surface area (Å²) in [6.45, 7) is 5.81. The van der Waals surface area contributed by atoms with Gasteiger partial charge in [-0.2, -0.15) is 4.98 Å². The molecule has 0 aliphatic rings. The maximum atomic E-state index is 13.9. The third kappa shape index (κ3) is 1.78. The minimum Gasteiger partial charge on any atom is -0.286 e. The molecule has 0 radical (unpaired) electrons. The van der Waals surface area contributed by atoms with Crippen molar-refractivity contribution in [2.45, 2.75) is 20.8 Å². The molecule has 3 aromatic rings. The first-order valence-corrected chi connectivity index (χ1v) is 6.65. The quantitative estimate of drug-likeness (QED) is 0.688. The summed E-state index contributed by atoms with van der Waals surface area (Å²) in [5, 5.41) is 4.40. The second kappa shape index (κ2) is 4.16. The number of aryl methyl sites for hydroxylation is 3. The van der Waals surface area contributed by atoms with Gasteiger partial charge in [-0.05, 0) is 54.9 Å². The molecular formula is C13H12BrFN4. The Kier molecular flexibility index (Phi) is 2.70. The van der Waals surface area contributed by atoms with Gasteiger partial charge in [0.2, 0.25) is 0 Å². The molecule has 3 rings (SSSR count). The monoisotopic (exact) mass is 322 g/mol. The van der Waals surface area contributed by atoms with Crippen LogP contribution >= 0.6 is 15.9 Å². The Morgan fingerprint density at radius 2 is 1.79 bits per heavy atom. The molecule has 0 fully saturated rings. The molecule has 19 heavy (non-hydrogen) atoms. The fourth-order valence-corrected chi connectivity index (χ4v) is 2.52. The van der Waals surface area contributed by atoms with Crippen LogP contribution in [0, 0.1) is 26.6 Å². The number of halogens is 2. The number of rotatable bonds is 1. The molecule has 0 aromatic carbocycles. The molecule has 0 N–H and O–H groups in total. The molecule has 0 aliphatic heterocycles. The predicted molar refractivity (Wildman–Crippen MR) is 74.2 cm³/mol. The largest absolute Gasteiger partial charge is 0.286 e. The summed E-state index contributed by atoms with van der Waals surface area (Å²) in [5.41, 5.74) is 3.09. The number of hydrogen-bond acceptors (Lipinski definition) is 2. The highest BCUT2D eigenvalue weighted by atomic mass is 79.9. The van der Waals surface area contributed by atoms with Crippen LogP contribution in [0.3, 0.4) is 0 Å². The SMILES string of the molecule is Cc1ccc(C)n1-c1nc2c(F)cc(Br)c(C)n2n1. The molecule has 0 aliphatic carbocycles. The zero-order valence-electron chi connectivity index (χ0n) is 10.8. The first kappa shape index (κ1) is 12.3. The summed E-state index contributed by atoms with van der Waals surface area (Å²) in [5.74, 6) is 0.0961. The Morgan fingerprint density at radius 3 is 2.42 bits per heavy atom.